The van der Waals surface area contributed by atoms with Crippen LogP contribution in [0.4, 0.5) is 0 Å². The first-order valence-electron chi connectivity index (χ1n) is 4.19. The van der Waals surface area contributed by atoms with Crippen molar-refractivity contribution in [3.05, 3.63) is 33.7 Å². The van der Waals surface area contributed by atoms with Gasteiger partial charge in [-0.2, -0.15) is 0 Å². The van der Waals surface area contributed by atoms with Crippen LogP contribution in [0.15, 0.2) is 17.1 Å². The molecule has 4 heteroatoms. The van der Waals surface area contributed by atoms with Crippen LogP contribution in [0.5, 0.6) is 0 Å². The van der Waals surface area contributed by atoms with Crippen molar-refractivity contribution in [1.29, 1.82) is 0 Å². The van der Waals surface area contributed by atoms with Gasteiger partial charge in [0.25, 0.3) is 5.56 Å². The van der Waals surface area contributed by atoms with Gasteiger partial charge >= 0.3 is 0 Å². The van der Waals surface area contributed by atoms with E-state index < -0.39 is 0 Å². The Labute approximate surface area is 80.9 Å². The van der Waals surface area contributed by atoms with E-state index >= 15 is 0 Å². The fraction of sp³-hybridized carbons (Fsp3) is 0.444. The lowest BCUT2D eigenvalue weighted by atomic mass is 10.3. The van der Waals surface area contributed by atoms with Crippen molar-refractivity contribution < 1.29 is 4.74 Å². The molecular formula is C9H9ClNO2. The number of ether oxygens (including phenoxy) is 1. The van der Waals surface area contributed by atoms with Crippen molar-refractivity contribution in [2.45, 2.75) is 19.1 Å². The Hall–Kier alpha value is -0.800. The molecule has 0 saturated carbocycles. The molecule has 1 atom stereocenters. The van der Waals surface area contributed by atoms with Crippen molar-refractivity contribution in [3.8, 4) is 0 Å². The highest BCUT2D eigenvalue weighted by Crippen LogP contribution is 2.21. The van der Waals surface area contributed by atoms with Crippen LogP contribution >= 0.6 is 11.6 Å². The molecule has 0 aromatic carbocycles. The van der Waals surface area contributed by atoms with Gasteiger partial charge in [0.15, 0.2) is 0 Å². The van der Waals surface area contributed by atoms with Gasteiger partial charge < -0.3 is 4.74 Å². The fourth-order valence-corrected chi connectivity index (χ4v) is 1.60. The first kappa shape index (κ1) is 8.78. The quantitative estimate of drug-likeness (QED) is 0.687. The van der Waals surface area contributed by atoms with Crippen LogP contribution in [0.25, 0.3) is 0 Å². The van der Waals surface area contributed by atoms with E-state index in [0.717, 1.165) is 12.8 Å². The number of hydrogen-bond donors (Lipinski definition) is 0. The molecule has 3 nitrogen and oxygen atoms in total. The van der Waals surface area contributed by atoms with E-state index in [1.807, 2.05) is 0 Å². The van der Waals surface area contributed by atoms with Crippen molar-refractivity contribution in [3.63, 3.8) is 0 Å². The lowest BCUT2D eigenvalue weighted by molar-refractivity contribution is 0.0538. The normalized spacial score (nSPS) is 22.1. The van der Waals surface area contributed by atoms with Crippen LogP contribution in [0.2, 0.25) is 5.02 Å². The summed E-state index contributed by atoms with van der Waals surface area (Å²) in [4.78, 5) is 11.5. The summed E-state index contributed by atoms with van der Waals surface area (Å²) >= 11 is 5.65. The molecule has 0 amide bonds. The topological polar surface area (TPSA) is 31.2 Å². The van der Waals surface area contributed by atoms with E-state index in [-0.39, 0.29) is 16.8 Å². The van der Waals surface area contributed by atoms with E-state index in [1.54, 1.807) is 12.3 Å². The molecule has 1 saturated heterocycles. The zero-order valence-corrected chi connectivity index (χ0v) is 7.75. The van der Waals surface area contributed by atoms with E-state index in [9.17, 15) is 4.79 Å². The Kier molecular flexibility index (Phi) is 2.38. The minimum absolute atomic E-state index is 0.123. The smallest absolute Gasteiger partial charge is 0.272 e. The highest BCUT2D eigenvalue weighted by molar-refractivity contribution is 6.30. The summed E-state index contributed by atoms with van der Waals surface area (Å²) in [6.07, 6.45) is 3.39. The minimum Gasteiger partial charge on any atom is -0.358 e. The third-order valence-electron chi connectivity index (χ3n) is 2.08. The fourth-order valence-electron chi connectivity index (χ4n) is 1.44. The molecule has 0 N–H and O–H groups in total. The Morgan fingerprint density at radius 3 is 3.23 bits per heavy atom. The van der Waals surface area contributed by atoms with E-state index in [0.29, 0.717) is 6.61 Å². The lowest BCUT2D eigenvalue weighted by Crippen LogP contribution is -2.23. The zero-order chi connectivity index (χ0) is 9.26. The van der Waals surface area contributed by atoms with Gasteiger partial charge in [-0.3, -0.25) is 9.36 Å². The van der Waals surface area contributed by atoms with Gasteiger partial charge in [-0.25, -0.2) is 0 Å². The van der Waals surface area contributed by atoms with Crippen molar-refractivity contribution >= 4 is 11.6 Å². The first-order chi connectivity index (χ1) is 6.29. The Morgan fingerprint density at radius 2 is 2.54 bits per heavy atom. The summed E-state index contributed by atoms with van der Waals surface area (Å²) in [5.74, 6) is 0. The maximum atomic E-state index is 11.5. The summed E-state index contributed by atoms with van der Waals surface area (Å²) < 4.78 is 6.88. The second-order valence-electron chi connectivity index (χ2n) is 2.95. The zero-order valence-electron chi connectivity index (χ0n) is 7.00. The van der Waals surface area contributed by atoms with Crippen LogP contribution in [-0.2, 0) is 4.74 Å². The van der Waals surface area contributed by atoms with E-state index in [2.05, 4.69) is 6.07 Å². The third kappa shape index (κ3) is 1.62. The standard InChI is InChI=1S/C9H9ClNO2/c10-7-3-1-5-11(9(7)12)8-4-2-6-13-8/h1,5,8H,2,4,6H2. The number of hydrogen-bond acceptors (Lipinski definition) is 2. The monoisotopic (exact) mass is 198 g/mol. The van der Waals surface area contributed by atoms with Crippen LogP contribution in [-0.4, -0.2) is 11.2 Å². The van der Waals surface area contributed by atoms with Crippen molar-refractivity contribution in [2.24, 2.45) is 0 Å². The summed E-state index contributed by atoms with van der Waals surface area (Å²) in [5, 5.41) is 0.123. The summed E-state index contributed by atoms with van der Waals surface area (Å²) in [5.41, 5.74) is -0.226. The number of halogens is 1. The Morgan fingerprint density at radius 1 is 1.69 bits per heavy atom. The van der Waals surface area contributed by atoms with Gasteiger partial charge in [-0.05, 0) is 18.9 Å². The molecule has 0 aliphatic carbocycles. The molecule has 0 spiro atoms. The van der Waals surface area contributed by atoms with Gasteiger partial charge in [0.2, 0.25) is 0 Å². The largest absolute Gasteiger partial charge is 0.358 e. The predicted molar refractivity (Wildman–Crippen MR) is 48.8 cm³/mol. The molecule has 1 fully saturated rings. The summed E-state index contributed by atoms with van der Waals surface area (Å²) in [6.45, 7) is 0.716. The predicted octanol–water partition coefficient (Wildman–Crippen LogP) is 1.61. The molecule has 1 aromatic rings. The molecular weight excluding hydrogens is 190 g/mol. The van der Waals surface area contributed by atoms with Crippen LogP contribution in [0.1, 0.15) is 19.1 Å². The Bertz CT molecular complexity index is 355. The first-order valence-corrected chi connectivity index (χ1v) is 4.57. The number of nitrogens with zero attached hydrogens (tertiary/aromatic N) is 1. The lowest BCUT2D eigenvalue weighted by Gasteiger charge is -2.12. The van der Waals surface area contributed by atoms with Gasteiger partial charge in [0.05, 0.1) is 0 Å². The van der Waals surface area contributed by atoms with Gasteiger partial charge in [0.1, 0.15) is 11.3 Å². The van der Waals surface area contributed by atoms with Gasteiger partial charge in [-0.15, -0.1) is 0 Å². The molecule has 0 bridgehead atoms. The average Bonchev–Trinajstić information content (AvgIpc) is 2.62. The second kappa shape index (κ2) is 3.52. The third-order valence-corrected chi connectivity index (χ3v) is 2.35. The van der Waals surface area contributed by atoms with Crippen LogP contribution in [0, 0.1) is 6.07 Å². The number of aromatic nitrogens is 1. The minimum atomic E-state index is -0.226. The van der Waals surface area contributed by atoms with Crippen molar-refractivity contribution in [2.75, 3.05) is 6.61 Å². The summed E-state index contributed by atoms with van der Waals surface area (Å²) in [6, 6.07) is 4.27. The second-order valence-corrected chi connectivity index (χ2v) is 3.33. The number of pyridine rings is 1. The molecule has 2 rings (SSSR count). The van der Waals surface area contributed by atoms with Crippen LogP contribution < -0.4 is 5.56 Å². The molecule has 1 aliphatic rings. The maximum Gasteiger partial charge on any atom is 0.272 e. The molecule has 1 aromatic heterocycles. The van der Waals surface area contributed by atoms with Gasteiger partial charge in [-0.1, -0.05) is 11.6 Å². The highest BCUT2D eigenvalue weighted by atomic mass is 35.5. The maximum absolute atomic E-state index is 11.5. The molecule has 1 radical (unpaired) electrons. The van der Waals surface area contributed by atoms with E-state index in [4.69, 9.17) is 16.3 Å². The molecule has 69 valence electrons. The van der Waals surface area contributed by atoms with Crippen LogP contribution in [0.3, 0.4) is 0 Å². The van der Waals surface area contributed by atoms with E-state index in [1.165, 1.54) is 4.57 Å². The van der Waals surface area contributed by atoms with Gasteiger partial charge in [0, 0.05) is 18.9 Å². The van der Waals surface area contributed by atoms with Crippen molar-refractivity contribution in [1.82, 2.24) is 4.57 Å². The SMILES string of the molecule is O=c1c(Cl)[c]ccn1C1CCCO1. The molecule has 1 unspecified atom stereocenters. The Balaban J connectivity index is 2.39. The molecule has 13 heavy (non-hydrogen) atoms. The number of rotatable bonds is 1. The molecule has 2 heterocycles. The average molecular weight is 199 g/mol. The highest BCUT2D eigenvalue weighted by Gasteiger charge is 2.18. The molecule has 1 aliphatic heterocycles. The summed E-state index contributed by atoms with van der Waals surface area (Å²) in [7, 11) is 0.